The average Bonchev–Trinajstić information content (AvgIpc) is 2.45. The standard InChI is InChI=1S/C14H18N2O3.2W/c1-5-13(17)15(7-3)9-11-19-12-10-16(8-4)14(18)6-2;;/h1-2H,3-4,7-12H2;;/q-2;;. The molecule has 0 aromatic heterocycles. The number of nitrogens with zero attached hydrogens (tertiary/aromatic N) is 2. The van der Waals surface area contributed by atoms with Gasteiger partial charge < -0.3 is 28.4 Å². The van der Waals surface area contributed by atoms with Crippen LogP contribution in [0.3, 0.4) is 0 Å². The molecule has 0 aromatic carbocycles. The molecule has 0 aliphatic rings. The van der Waals surface area contributed by atoms with E-state index in [0.29, 0.717) is 26.3 Å². The molecule has 7 heteroatoms. The fourth-order valence-electron chi connectivity index (χ4n) is 1.26. The van der Waals surface area contributed by atoms with Crippen LogP contribution in [0.2, 0.25) is 0 Å². The first-order chi connectivity index (χ1) is 9.10. The summed E-state index contributed by atoms with van der Waals surface area (Å²) in [5, 5.41) is 0. The van der Waals surface area contributed by atoms with Gasteiger partial charge in [0.15, 0.2) is 0 Å². The van der Waals surface area contributed by atoms with Crippen molar-refractivity contribution in [2.24, 2.45) is 0 Å². The van der Waals surface area contributed by atoms with Crippen LogP contribution in [0, 0.1) is 38.5 Å². The van der Waals surface area contributed by atoms with Gasteiger partial charge in [0.1, 0.15) is 0 Å². The first kappa shape index (κ1) is 25.4. The molecule has 0 heterocycles. The molecule has 0 fully saturated rings. The largest absolute Gasteiger partial charge is 0.378 e. The summed E-state index contributed by atoms with van der Waals surface area (Å²) >= 11 is 0. The summed E-state index contributed by atoms with van der Waals surface area (Å²) in [5.74, 6) is 3.20. The molecular weight excluding hydrogens is 612 g/mol. The van der Waals surface area contributed by atoms with Crippen molar-refractivity contribution in [2.45, 2.75) is 0 Å². The summed E-state index contributed by atoms with van der Waals surface area (Å²) in [5.41, 5.74) is 0. The Morgan fingerprint density at radius 1 is 0.905 bits per heavy atom. The first-order valence-corrected chi connectivity index (χ1v) is 5.78. The fraction of sp³-hybridized carbons (Fsp3) is 0.429. The van der Waals surface area contributed by atoms with Gasteiger partial charge in [-0.25, -0.2) is 0 Å². The molecule has 0 saturated heterocycles. The molecule has 0 saturated carbocycles. The summed E-state index contributed by atoms with van der Waals surface area (Å²) in [7, 11) is 0. The van der Waals surface area contributed by atoms with Crippen LogP contribution in [-0.4, -0.2) is 61.0 Å². The molecule has 0 aliphatic heterocycles. The molecule has 5 nitrogen and oxygen atoms in total. The van der Waals surface area contributed by atoms with Crippen molar-refractivity contribution < 1.29 is 56.5 Å². The molecule has 0 N–H and O–H groups in total. The van der Waals surface area contributed by atoms with Crippen LogP contribution in [0.25, 0.3) is 0 Å². The van der Waals surface area contributed by atoms with Crippen LogP contribution < -0.4 is 0 Å². The van der Waals surface area contributed by atoms with Gasteiger partial charge in [-0.1, -0.05) is 0 Å². The van der Waals surface area contributed by atoms with E-state index in [9.17, 15) is 9.59 Å². The van der Waals surface area contributed by atoms with E-state index in [2.05, 4.69) is 13.8 Å². The average molecular weight is 630 g/mol. The van der Waals surface area contributed by atoms with Gasteiger partial charge in [0.2, 0.25) is 0 Å². The molecule has 21 heavy (non-hydrogen) atoms. The van der Waals surface area contributed by atoms with Crippen molar-refractivity contribution in [3.8, 4) is 24.7 Å². The third-order valence-electron chi connectivity index (χ3n) is 2.37. The van der Waals surface area contributed by atoms with Crippen molar-refractivity contribution in [2.75, 3.05) is 39.4 Å². The van der Waals surface area contributed by atoms with Crippen molar-refractivity contribution >= 4 is 11.8 Å². The zero-order valence-electron chi connectivity index (χ0n) is 11.7. The molecule has 0 radical (unpaired) electrons. The summed E-state index contributed by atoms with van der Waals surface area (Å²) in [6, 6.07) is 0. The summed E-state index contributed by atoms with van der Waals surface area (Å²) in [6.07, 6.45) is 10.0. The van der Waals surface area contributed by atoms with E-state index < -0.39 is 11.8 Å². The van der Waals surface area contributed by atoms with Crippen LogP contribution in [0.4, 0.5) is 0 Å². The van der Waals surface area contributed by atoms with Gasteiger partial charge in [0.05, 0.1) is 13.2 Å². The van der Waals surface area contributed by atoms with Crippen LogP contribution >= 0.6 is 0 Å². The summed E-state index contributed by atoms with van der Waals surface area (Å²) < 4.78 is 5.31. The predicted molar refractivity (Wildman–Crippen MR) is 72.4 cm³/mol. The van der Waals surface area contributed by atoms with Gasteiger partial charge in [-0.05, 0) is 11.8 Å². The monoisotopic (exact) mass is 630 g/mol. The van der Waals surface area contributed by atoms with Crippen molar-refractivity contribution in [1.82, 2.24) is 9.80 Å². The molecule has 0 aliphatic carbocycles. The topological polar surface area (TPSA) is 49.9 Å². The zero-order valence-corrected chi connectivity index (χ0v) is 17.6. The number of hydrogen-bond donors (Lipinski definition) is 0. The number of carbonyl (C=O) groups is 2. The third kappa shape index (κ3) is 10.7. The molecule has 0 unspecified atom stereocenters. The minimum absolute atomic E-state index is 0. The molecule has 0 bridgehead atoms. The van der Waals surface area contributed by atoms with Crippen LogP contribution in [0.15, 0.2) is 0 Å². The van der Waals surface area contributed by atoms with E-state index in [1.807, 2.05) is 11.8 Å². The Morgan fingerprint density at radius 2 is 1.24 bits per heavy atom. The van der Waals surface area contributed by atoms with E-state index in [4.69, 9.17) is 17.6 Å². The van der Waals surface area contributed by atoms with E-state index in [1.165, 1.54) is 9.80 Å². The molecule has 0 atom stereocenters. The summed E-state index contributed by atoms with van der Waals surface area (Å²) in [6.45, 7) is 9.13. The smallest absolute Gasteiger partial charge is 0.295 e. The normalized spacial score (nSPS) is 8.38. The maximum Gasteiger partial charge on any atom is 0.295 e. The zero-order chi connectivity index (χ0) is 14.7. The van der Waals surface area contributed by atoms with Crippen LogP contribution in [0.5, 0.6) is 0 Å². The Morgan fingerprint density at radius 3 is 1.48 bits per heavy atom. The summed E-state index contributed by atoms with van der Waals surface area (Å²) in [4.78, 5) is 25.2. The first-order valence-electron chi connectivity index (χ1n) is 5.78. The maximum absolute atomic E-state index is 11.2. The number of ether oxygens (including phenoxy) is 1. The van der Waals surface area contributed by atoms with Gasteiger partial charge in [-0.3, -0.25) is 9.59 Å². The Hall–Kier alpha value is -0.603. The number of hydrogen-bond acceptors (Lipinski definition) is 3. The molecule has 0 spiro atoms. The second-order valence-electron chi connectivity index (χ2n) is 3.49. The van der Waals surface area contributed by atoms with Gasteiger partial charge in [0, 0.05) is 55.2 Å². The molecular formula is C14H18N2O3W2-2. The van der Waals surface area contributed by atoms with Crippen molar-refractivity contribution in [3.63, 3.8) is 0 Å². The third-order valence-corrected chi connectivity index (χ3v) is 2.37. The SMILES string of the molecule is C#CC(=O)N(C[CH2-])CCOCCN(C[CH2-])C(=O)C#C.[W].[W]. The van der Waals surface area contributed by atoms with E-state index in [1.54, 1.807) is 0 Å². The van der Waals surface area contributed by atoms with Gasteiger partial charge >= 0.3 is 0 Å². The maximum atomic E-state index is 11.2. The minimum atomic E-state index is -0.416. The minimum Gasteiger partial charge on any atom is -0.378 e. The Kier molecular flexibility index (Phi) is 19.1. The predicted octanol–water partition coefficient (Wildman–Crippen LogP) is -0.410. The quantitative estimate of drug-likeness (QED) is 0.209. The number of amides is 2. The van der Waals surface area contributed by atoms with Crippen molar-refractivity contribution in [1.29, 1.82) is 0 Å². The number of terminal acetylenes is 2. The number of rotatable bonds is 8. The Labute approximate surface area is 155 Å². The van der Waals surface area contributed by atoms with E-state index >= 15 is 0 Å². The Bertz CT molecular complexity index is 353. The molecule has 0 aromatic rings. The second-order valence-corrected chi connectivity index (χ2v) is 3.49. The fourth-order valence-corrected chi connectivity index (χ4v) is 1.26. The van der Waals surface area contributed by atoms with Crippen LogP contribution in [0.1, 0.15) is 0 Å². The van der Waals surface area contributed by atoms with Crippen LogP contribution in [-0.2, 0) is 56.5 Å². The molecule has 0 rings (SSSR count). The van der Waals surface area contributed by atoms with Gasteiger partial charge in [0.25, 0.3) is 11.8 Å². The molecule has 116 valence electrons. The Balaban J connectivity index is -0.00000162. The molecule has 2 amide bonds. The van der Waals surface area contributed by atoms with Gasteiger partial charge in [-0.15, -0.1) is 25.9 Å². The number of carbonyl (C=O) groups excluding carboxylic acids is 2. The van der Waals surface area contributed by atoms with Crippen molar-refractivity contribution in [3.05, 3.63) is 13.8 Å². The van der Waals surface area contributed by atoms with E-state index in [0.717, 1.165) is 0 Å². The van der Waals surface area contributed by atoms with E-state index in [-0.39, 0.29) is 55.2 Å². The second kappa shape index (κ2) is 15.8. The van der Waals surface area contributed by atoms with Gasteiger partial charge in [-0.2, -0.15) is 0 Å².